The standard InChI is InChI=1S/C6H12O4.C5H10O2.C2H4O2/c1-5(7)8-10-9-6(2,3)4;1-4(2)7-5(3)6;1-2(3)4/h1-4H3;4H,1-3H3;1H3,(H,3,4). The fraction of sp³-hybridized carbons (Fsp3) is 0.769. The molecule has 21 heavy (non-hydrogen) atoms. The van der Waals surface area contributed by atoms with Crippen LogP contribution in [-0.4, -0.2) is 34.7 Å². The lowest BCUT2D eigenvalue weighted by Crippen LogP contribution is -2.20. The van der Waals surface area contributed by atoms with Crippen molar-refractivity contribution in [3.8, 4) is 0 Å². The molecule has 0 aliphatic rings. The Labute approximate surface area is 125 Å². The molecular weight excluding hydrogens is 284 g/mol. The molecule has 0 unspecified atom stereocenters. The van der Waals surface area contributed by atoms with Gasteiger partial charge in [-0.1, -0.05) is 0 Å². The second-order valence-corrected chi connectivity index (χ2v) is 5.02. The highest BCUT2D eigenvalue weighted by atomic mass is 17.5. The number of hydrogen-bond acceptors (Lipinski definition) is 7. The summed E-state index contributed by atoms with van der Waals surface area (Å²) in [5.41, 5.74) is -0.463. The molecule has 1 N–H and O–H groups in total. The van der Waals surface area contributed by atoms with Gasteiger partial charge < -0.3 is 9.84 Å². The zero-order valence-electron chi connectivity index (χ0n) is 13.9. The zero-order chi connectivity index (χ0) is 17.6. The van der Waals surface area contributed by atoms with Gasteiger partial charge in [-0.05, 0) is 39.7 Å². The van der Waals surface area contributed by atoms with E-state index < -0.39 is 17.5 Å². The summed E-state index contributed by atoms with van der Waals surface area (Å²) in [5.74, 6) is -1.58. The van der Waals surface area contributed by atoms with Crippen LogP contribution in [0.1, 0.15) is 55.4 Å². The van der Waals surface area contributed by atoms with E-state index >= 15 is 0 Å². The molecule has 8 heteroatoms. The Morgan fingerprint density at radius 2 is 1.33 bits per heavy atom. The first-order valence-corrected chi connectivity index (χ1v) is 6.17. The van der Waals surface area contributed by atoms with Gasteiger partial charge in [0.25, 0.3) is 5.97 Å². The van der Waals surface area contributed by atoms with E-state index in [0.717, 1.165) is 6.92 Å². The predicted molar refractivity (Wildman–Crippen MR) is 73.9 cm³/mol. The highest BCUT2D eigenvalue weighted by Gasteiger charge is 2.12. The molecule has 8 nitrogen and oxygen atoms in total. The number of hydrogen-bond donors (Lipinski definition) is 1. The minimum Gasteiger partial charge on any atom is -0.481 e. The first kappa shape index (κ1) is 24.4. The Morgan fingerprint density at radius 1 is 0.952 bits per heavy atom. The van der Waals surface area contributed by atoms with Gasteiger partial charge in [0.05, 0.1) is 11.7 Å². The van der Waals surface area contributed by atoms with Crippen molar-refractivity contribution in [3.05, 3.63) is 0 Å². The number of carbonyl (C=O) groups excluding carboxylic acids is 2. The summed E-state index contributed by atoms with van der Waals surface area (Å²) in [4.78, 5) is 37.8. The van der Waals surface area contributed by atoms with Crippen LogP contribution in [0.2, 0.25) is 0 Å². The monoisotopic (exact) mass is 310 g/mol. The SMILES string of the molecule is CC(=O)O.CC(=O)OC(C)C.CC(=O)OOOC(C)(C)C. The summed E-state index contributed by atoms with van der Waals surface area (Å²) in [6.07, 6.45) is 0.0255. The number of esters is 1. The van der Waals surface area contributed by atoms with Crippen LogP contribution in [0.25, 0.3) is 0 Å². The van der Waals surface area contributed by atoms with Crippen molar-refractivity contribution in [2.45, 2.75) is 67.1 Å². The topological polar surface area (TPSA) is 108 Å². The Balaban J connectivity index is -0.000000256. The number of carboxylic acid groups (broad SMARTS) is 1. The molecular formula is C13H26O8. The van der Waals surface area contributed by atoms with Crippen LogP contribution >= 0.6 is 0 Å². The Bertz CT molecular complexity index is 300. The minimum absolute atomic E-state index is 0.0255. The Hall–Kier alpha value is -1.67. The van der Waals surface area contributed by atoms with Gasteiger partial charge in [-0.3, -0.25) is 14.5 Å². The lowest BCUT2D eigenvalue weighted by molar-refractivity contribution is -0.514. The highest BCUT2D eigenvalue weighted by molar-refractivity contribution is 5.66. The van der Waals surface area contributed by atoms with Gasteiger partial charge in [0.15, 0.2) is 0 Å². The molecule has 0 aromatic carbocycles. The number of aliphatic carboxylic acids is 1. The van der Waals surface area contributed by atoms with E-state index in [-0.39, 0.29) is 12.1 Å². The van der Waals surface area contributed by atoms with Crippen LogP contribution in [0, 0.1) is 0 Å². The van der Waals surface area contributed by atoms with Crippen molar-refractivity contribution in [1.82, 2.24) is 0 Å². The minimum atomic E-state index is -0.833. The molecule has 0 aromatic heterocycles. The number of ether oxygens (including phenoxy) is 1. The van der Waals surface area contributed by atoms with E-state index in [2.05, 4.69) is 19.6 Å². The molecule has 0 saturated carbocycles. The summed E-state index contributed by atoms with van der Waals surface area (Å²) < 4.78 is 4.61. The lowest BCUT2D eigenvalue weighted by Gasteiger charge is -2.14. The average Bonchev–Trinajstić information content (AvgIpc) is 2.11. The third-order valence-electron chi connectivity index (χ3n) is 0.837. The first-order chi connectivity index (χ1) is 9.27. The summed E-state index contributed by atoms with van der Waals surface area (Å²) >= 11 is 0. The fourth-order valence-electron chi connectivity index (χ4n) is 0.499. The van der Waals surface area contributed by atoms with Crippen LogP contribution in [-0.2, 0) is 33.9 Å². The summed E-state index contributed by atoms with van der Waals surface area (Å²) in [5, 5.41) is 11.5. The van der Waals surface area contributed by atoms with E-state index in [1.54, 1.807) is 20.8 Å². The maximum absolute atomic E-state index is 10.1. The van der Waals surface area contributed by atoms with E-state index in [9.17, 15) is 9.59 Å². The van der Waals surface area contributed by atoms with Gasteiger partial charge in [-0.25, -0.2) is 4.79 Å². The molecule has 0 rings (SSSR count). The quantitative estimate of drug-likeness (QED) is 0.480. The second kappa shape index (κ2) is 13.3. The normalized spacial score (nSPS) is 9.57. The largest absolute Gasteiger partial charge is 0.481 e. The van der Waals surface area contributed by atoms with Crippen LogP contribution in [0.4, 0.5) is 0 Å². The van der Waals surface area contributed by atoms with Crippen molar-refractivity contribution in [2.75, 3.05) is 0 Å². The van der Waals surface area contributed by atoms with Crippen LogP contribution in [0.5, 0.6) is 0 Å². The van der Waals surface area contributed by atoms with Crippen LogP contribution in [0.3, 0.4) is 0 Å². The molecule has 0 aromatic rings. The third-order valence-corrected chi connectivity index (χ3v) is 0.837. The smallest absolute Gasteiger partial charge is 0.342 e. The molecule has 0 radical (unpaired) electrons. The highest BCUT2D eigenvalue weighted by Crippen LogP contribution is 2.06. The van der Waals surface area contributed by atoms with Gasteiger partial charge in [0, 0.05) is 20.8 Å². The van der Waals surface area contributed by atoms with Gasteiger partial charge in [0.1, 0.15) is 0 Å². The molecule has 0 spiro atoms. The van der Waals surface area contributed by atoms with Crippen LogP contribution in [0.15, 0.2) is 0 Å². The van der Waals surface area contributed by atoms with Crippen molar-refractivity contribution >= 4 is 17.9 Å². The maximum atomic E-state index is 10.1. The molecule has 0 bridgehead atoms. The van der Waals surface area contributed by atoms with E-state index in [0.29, 0.717) is 0 Å². The predicted octanol–water partition coefficient (Wildman–Crippen LogP) is 2.26. The van der Waals surface area contributed by atoms with E-state index in [4.69, 9.17) is 9.90 Å². The average molecular weight is 310 g/mol. The van der Waals surface area contributed by atoms with Gasteiger partial charge in [-0.15, -0.1) is 0 Å². The molecule has 0 atom stereocenters. The third kappa shape index (κ3) is 56.2. The molecule has 126 valence electrons. The van der Waals surface area contributed by atoms with E-state index in [1.807, 2.05) is 13.8 Å². The van der Waals surface area contributed by atoms with Crippen molar-refractivity contribution in [3.63, 3.8) is 0 Å². The van der Waals surface area contributed by atoms with Gasteiger partial charge in [-0.2, -0.15) is 4.89 Å². The summed E-state index contributed by atoms with van der Waals surface area (Å²) in [7, 11) is 0. The summed E-state index contributed by atoms with van der Waals surface area (Å²) in [6, 6.07) is 0. The van der Waals surface area contributed by atoms with Crippen molar-refractivity contribution in [1.29, 1.82) is 0 Å². The zero-order valence-corrected chi connectivity index (χ0v) is 13.9. The molecule has 0 saturated heterocycles. The molecule has 0 amide bonds. The molecule has 0 aliphatic carbocycles. The van der Waals surface area contributed by atoms with Gasteiger partial charge >= 0.3 is 11.9 Å². The molecule has 0 fully saturated rings. The fourth-order valence-corrected chi connectivity index (χ4v) is 0.499. The van der Waals surface area contributed by atoms with Crippen molar-refractivity contribution < 1.29 is 39.0 Å². The Morgan fingerprint density at radius 3 is 1.48 bits per heavy atom. The summed E-state index contributed by atoms with van der Waals surface area (Å²) in [6.45, 7) is 12.7. The molecule has 0 aliphatic heterocycles. The van der Waals surface area contributed by atoms with Crippen molar-refractivity contribution in [2.24, 2.45) is 0 Å². The Kier molecular flexibility index (Phi) is 15.4. The second-order valence-electron chi connectivity index (χ2n) is 5.02. The molecule has 0 heterocycles. The maximum Gasteiger partial charge on any atom is 0.342 e. The first-order valence-electron chi connectivity index (χ1n) is 6.17. The van der Waals surface area contributed by atoms with Gasteiger partial charge in [0.2, 0.25) is 0 Å². The number of carbonyl (C=O) groups is 3. The lowest BCUT2D eigenvalue weighted by atomic mass is 10.2. The number of rotatable bonds is 3. The van der Waals surface area contributed by atoms with Crippen LogP contribution < -0.4 is 0 Å². The van der Waals surface area contributed by atoms with E-state index in [1.165, 1.54) is 13.8 Å². The number of carboxylic acids is 1.